The maximum atomic E-state index is 13.8. The minimum Gasteiger partial charge on any atom is -0.495 e. The molecule has 5 rings (SSSR count). The summed E-state index contributed by atoms with van der Waals surface area (Å²) in [6.07, 6.45) is 2.05. The predicted molar refractivity (Wildman–Crippen MR) is 131 cm³/mol. The average Bonchev–Trinajstić information content (AvgIpc) is 3.24. The minimum absolute atomic E-state index is 0.231. The van der Waals surface area contributed by atoms with Crippen LogP contribution in [0.2, 0.25) is 5.02 Å². The molecule has 0 spiro atoms. The van der Waals surface area contributed by atoms with Crippen molar-refractivity contribution in [2.45, 2.75) is 19.5 Å². The van der Waals surface area contributed by atoms with Gasteiger partial charge in [0.2, 0.25) is 0 Å². The Balaban J connectivity index is 1.63. The number of hydrogen-bond acceptors (Lipinski definition) is 2. The fourth-order valence-electron chi connectivity index (χ4n) is 4.40. The Hall–Kier alpha value is -3.70. The van der Waals surface area contributed by atoms with E-state index in [-0.39, 0.29) is 12.1 Å². The Kier molecular flexibility index (Phi) is 5.56. The van der Waals surface area contributed by atoms with E-state index < -0.39 is 0 Å². The lowest BCUT2D eigenvalue weighted by Gasteiger charge is -2.31. The number of nitrogens with one attached hydrogen (secondary N) is 1. The number of ether oxygens (including phenoxy) is 1. The normalized spacial score (nSPS) is 14.8. The van der Waals surface area contributed by atoms with Gasteiger partial charge in [0.1, 0.15) is 5.75 Å². The van der Waals surface area contributed by atoms with Crippen molar-refractivity contribution in [3.63, 3.8) is 0 Å². The molecule has 1 aliphatic heterocycles. The minimum atomic E-state index is -0.279. The summed E-state index contributed by atoms with van der Waals surface area (Å²) in [5.74, 6) is 0.554. The highest BCUT2D eigenvalue weighted by Crippen LogP contribution is 2.37. The number of benzene rings is 3. The fraction of sp³-hybridized carbons (Fsp3) is 0.148. The van der Waals surface area contributed by atoms with Crippen molar-refractivity contribution in [3.05, 3.63) is 112 Å². The van der Waals surface area contributed by atoms with Crippen LogP contribution in [0.15, 0.2) is 85.1 Å². The van der Waals surface area contributed by atoms with Gasteiger partial charge in [-0.25, -0.2) is 4.79 Å². The van der Waals surface area contributed by atoms with Crippen molar-refractivity contribution in [2.24, 2.45) is 0 Å². The Morgan fingerprint density at radius 3 is 2.61 bits per heavy atom. The number of amides is 2. The number of carbonyl (C=O) groups excluding carboxylic acids is 1. The molecule has 0 fully saturated rings. The second-order valence-electron chi connectivity index (χ2n) is 8.15. The van der Waals surface area contributed by atoms with E-state index in [1.807, 2.05) is 23.1 Å². The highest BCUT2D eigenvalue weighted by molar-refractivity contribution is 6.31. The van der Waals surface area contributed by atoms with Crippen LogP contribution < -0.4 is 10.1 Å². The van der Waals surface area contributed by atoms with Crippen LogP contribution in [0, 0.1) is 6.92 Å². The van der Waals surface area contributed by atoms with Crippen LogP contribution in [0.1, 0.15) is 28.4 Å². The molecule has 0 radical (unpaired) electrons. The van der Waals surface area contributed by atoms with Gasteiger partial charge >= 0.3 is 6.03 Å². The Morgan fingerprint density at radius 2 is 1.82 bits per heavy atom. The van der Waals surface area contributed by atoms with E-state index in [4.69, 9.17) is 16.3 Å². The van der Waals surface area contributed by atoms with Crippen molar-refractivity contribution >= 4 is 23.3 Å². The molecule has 1 atom stereocenters. The summed E-state index contributed by atoms with van der Waals surface area (Å²) < 4.78 is 7.62. The number of carbonyl (C=O) groups is 1. The SMILES string of the molecule is COc1ccc(Cl)cc1NC(=O)N1Cc2ccccc2-n2cccc2[C@@H]1c1ccc(C)cc1. The molecule has 0 unspecified atom stereocenters. The summed E-state index contributed by atoms with van der Waals surface area (Å²) in [5.41, 5.74) is 5.91. The molecule has 4 aromatic rings. The van der Waals surface area contributed by atoms with Crippen molar-refractivity contribution in [3.8, 4) is 11.4 Å². The first-order chi connectivity index (χ1) is 16.0. The summed E-state index contributed by atoms with van der Waals surface area (Å²) in [7, 11) is 1.57. The number of aromatic nitrogens is 1. The smallest absolute Gasteiger partial charge is 0.323 e. The lowest BCUT2D eigenvalue weighted by molar-refractivity contribution is 0.194. The highest BCUT2D eigenvalue weighted by Gasteiger charge is 2.33. The van der Waals surface area contributed by atoms with Gasteiger partial charge in [0.25, 0.3) is 0 Å². The van der Waals surface area contributed by atoms with Gasteiger partial charge in [0, 0.05) is 16.9 Å². The largest absolute Gasteiger partial charge is 0.495 e. The third kappa shape index (κ3) is 3.96. The second-order valence-corrected chi connectivity index (χ2v) is 8.58. The van der Waals surface area contributed by atoms with Crippen molar-refractivity contribution < 1.29 is 9.53 Å². The van der Waals surface area contributed by atoms with Gasteiger partial charge in [-0.15, -0.1) is 0 Å². The van der Waals surface area contributed by atoms with Crippen LogP contribution in [0.25, 0.3) is 5.69 Å². The first kappa shape index (κ1) is 21.2. The average molecular weight is 458 g/mol. The zero-order chi connectivity index (χ0) is 22.9. The molecule has 6 heteroatoms. The predicted octanol–water partition coefficient (Wildman–Crippen LogP) is 6.58. The van der Waals surface area contributed by atoms with Gasteiger partial charge in [0.05, 0.1) is 31.1 Å². The molecular weight excluding hydrogens is 434 g/mol. The van der Waals surface area contributed by atoms with E-state index in [1.165, 1.54) is 5.56 Å². The number of hydrogen-bond donors (Lipinski definition) is 1. The molecule has 2 amide bonds. The van der Waals surface area contributed by atoms with Crippen LogP contribution in [-0.2, 0) is 6.54 Å². The number of urea groups is 1. The third-order valence-corrected chi connectivity index (χ3v) is 6.26. The van der Waals surface area contributed by atoms with Gasteiger partial charge in [-0.05, 0) is 54.4 Å². The second kappa shape index (κ2) is 8.68. The first-order valence-electron chi connectivity index (χ1n) is 10.8. The highest BCUT2D eigenvalue weighted by atomic mass is 35.5. The maximum Gasteiger partial charge on any atom is 0.323 e. The standard InChI is InChI=1S/C27H24ClN3O2/c1-18-9-11-19(12-10-18)26-24-8-5-15-30(24)23-7-4-3-6-20(23)17-31(26)27(32)29-22-16-21(28)13-14-25(22)33-2/h3-16,26H,17H2,1-2H3,(H,29,32)/t26-/m0/s1. The van der Waals surface area contributed by atoms with E-state index in [2.05, 4.69) is 65.5 Å². The van der Waals surface area contributed by atoms with Crippen molar-refractivity contribution in [1.29, 1.82) is 0 Å². The molecule has 3 aromatic carbocycles. The number of fused-ring (bicyclic) bond motifs is 3. The molecule has 1 N–H and O–H groups in total. The summed E-state index contributed by atoms with van der Waals surface area (Å²) >= 11 is 6.20. The molecule has 5 nitrogen and oxygen atoms in total. The van der Waals surface area contributed by atoms with E-state index in [9.17, 15) is 4.79 Å². The molecule has 33 heavy (non-hydrogen) atoms. The number of nitrogens with zero attached hydrogens (tertiary/aromatic N) is 2. The summed E-state index contributed by atoms with van der Waals surface area (Å²) in [5, 5.41) is 3.56. The molecule has 1 aromatic heterocycles. The Bertz CT molecular complexity index is 1310. The lowest BCUT2D eigenvalue weighted by Crippen LogP contribution is -2.38. The summed E-state index contributed by atoms with van der Waals surface area (Å²) in [4.78, 5) is 15.7. The van der Waals surface area contributed by atoms with Gasteiger partial charge in [-0.3, -0.25) is 0 Å². The molecule has 2 heterocycles. The van der Waals surface area contributed by atoms with Gasteiger partial charge < -0.3 is 19.5 Å². The summed E-state index contributed by atoms with van der Waals surface area (Å²) in [6.45, 7) is 2.51. The Labute approximate surface area is 198 Å². The van der Waals surface area contributed by atoms with Crippen LogP contribution in [0.5, 0.6) is 5.75 Å². The van der Waals surface area contributed by atoms with E-state index in [0.717, 1.165) is 22.5 Å². The van der Waals surface area contributed by atoms with Crippen molar-refractivity contribution in [2.75, 3.05) is 12.4 Å². The van der Waals surface area contributed by atoms with E-state index in [0.29, 0.717) is 23.0 Å². The topological polar surface area (TPSA) is 46.5 Å². The number of aryl methyl sites for hydroxylation is 1. The quantitative estimate of drug-likeness (QED) is 0.377. The molecule has 0 aliphatic carbocycles. The number of rotatable bonds is 3. The first-order valence-corrected chi connectivity index (χ1v) is 11.2. The monoisotopic (exact) mass is 457 g/mol. The molecule has 0 saturated heterocycles. The number of halogens is 1. The number of methoxy groups -OCH3 is 1. The molecular formula is C27H24ClN3O2. The Morgan fingerprint density at radius 1 is 1.03 bits per heavy atom. The molecule has 0 saturated carbocycles. The van der Waals surface area contributed by atoms with Crippen LogP contribution >= 0.6 is 11.6 Å². The van der Waals surface area contributed by atoms with Crippen LogP contribution in [-0.4, -0.2) is 22.6 Å². The van der Waals surface area contributed by atoms with E-state index >= 15 is 0 Å². The van der Waals surface area contributed by atoms with E-state index in [1.54, 1.807) is 25.3 Å². The number of anilines is 1. The zero-order valence-electron chi connectivity index (χ0n) is 18.5. The third-order valence-electron chi connectivity index (χ3n) is 6.02. The van der Waals surface area contributed by atoms with Gasteiger partial charge in [-0.1, -0.05) is 59.6 Å². The van der Waals surface area contributed by atoms with Gasteiger partial charge in [0.15, 0.2) is 0 Å². The lowest BCUT2D eigenvalue weighted by atomic mass is 10.0. The molecule has 1 aliphatic rings. The van der Waals surface area contributed by atoms with Gasteiger partial charge in [-0.2, -0.15) is 0 Å². The number of para-hydroxylation sites is 1. The summed E-state index contributed by atoms with van der Waals surface area (Å²) in [6, 6.07) is 25.3. The molecule has 166 valence electrons. The zero-order valence-corrected chi connectivity index (χ0v) is 19.2. The van der Waals surface area contributed by atoms with Crippen molar-refractivity contribution in [1.82, 2.24) is 9.47 Å². The van der Waals surface area contributed by atoms with Crippen LogP contribution in [0.4, 0.5) is 10.5 Å². The fourth-order valence-corrected chi connectivity index (χ4v) is 4.58. The van der Waals surface area contributed by atoms with Crippen LogP contribution in [0.3, 0.4) is 0 Å². The maximum absolute atomic E-state index is 13.8. The molecule has 0 bridgehead atoms.